The van der Waals surface area contributed by atoms with Gasteiger partial charge in [-0.25, -0.2) is 0 Å². The molecule has 96 valence electrons. The first-order chi connectivity index (χ1) is 7.58. The van der Waals surface area contributed by atoms with Crippen molar-refractivity contribution in [1.29, 1.82) is 0 Å². The zero-order valence-corrected chi connectivity index (χ0v) is 11.2. The largest absolute Gasteiger partial charge is 0.393 e. The molecule has 0 aromatic carbocycles. The van der Waals surface area contributed by atoms with E-state index in [1.165, 1.54) is 39.0 Å². The second-order valence-corrected chi connectivity index (χ2v) is 5.52. The van der Waals surface area contributed by atoms with Crippen LogP contribution >= 0.6 is 0 Å². The van der Waals surface area contributed by atoms with Crippen LogP contribution in [0.4, 0.5) is 0 Å². The first-order valence-corrected chi connectivity index (χ1v) is 6.63. The highest BCUT2D eigenvalue weighted by Crippen LogP contribution is 2.15. The quantitative estimate of drug-likeness (QED) is 0.668. The van der Waals surface area contributed by atoms with Gasteiger partial charge in [0.2, 0.25) is 0 Å². The number of aliphatic hydroxyl groups is 1. The summed E-state index contributed by atoms with van der Waals surface area (Å²) in [6, 6.07) is 0. The summed E-state index contributed by atoms with van der Waals surface area (Å²) in [5.41, 5.74) is 0. The van der Waals surface area contributed by atoms with Crippen LogP contribution in [0.25, 0.3) is 0 Å². The average Bonchev–Trinajstić information content (AvgIpc) is 2.58. The van der Waals surface area contributed by atoms with Gasteiger partial charge in [-0.15, -0.1) is 0 Å². The molecule has 2 atom stereocenters. The average molecular weight is 228 g/mol. The molecule has 2 unspecified atom stereocenters. The minimum atomic E-state index is -0.131. The van der Waals surface area contributed by atoms with Gasteiger partial charge in [-0.3, -0.25) is 0 Å². The van der Waals surface area contributed by atoms with Gasteiger partial charge in [-0.1, -0.05) is 0 Å². The Morgan fingerprint density at radius 3 is 2.75 bits per heavy atom. The summed E-state index contributed by atoms with van der Waals surface area (Å²) in [7, 11) is 4.43. The lowest BCUT2D eigenvalue weighted by molar-refractivity contribution is 0.177. The summed E-state index contributed by atoms with van der Waals surface area (Å²) in [5.74, 6) is 0.867. The molecule has 0 spiro atoms. The zero-order chi connectivity index (χ0) is 12.0. The van der Waals surface area contributed by atoms with Gasteiger partial charge in [0.05, 0.1) is 6.10 Å². The monoisotopic (exact) mass is 228 g/mol. The van der Waals surface area contributed by atoms with Crippen molar-refractivity contribution >= 4 is 0 Å². The minimum absolute atomic E-state index is 0.131. The minimum Gasteiger partial charge on any atom is -0.393 e. The Morgan fingerprint density at radius 2 is 2.19 bits per heavy atom. The molecule has 0 radical (unpaired) electrons. The molecule has 1 heterocycles. The number of likely N-dealkylation sites (tertiary alicyclic amines) is 1. The fraction of sp³-hybridized carbons (Fsp3) is 1.00. The van der Waals surface area contributed by atoms with Crippen LogP contribution in [0.15, 0.2) is 0 Å². The van der Waals surface area contributed by atoms with Crippen molar-refractivity contribution in [2.24, 2.45) is 5.92 Å². The predicted octanol–water partition coefficient (Wildman–Crippen LogP) is 1.42. The number of hydrogen-bond acceptors (Lipinski definition) is 3. The number of rotatable bonds is 7. The van der Waals surface area contributed by atoms with E-state index in [-0.39, 0.29) is 6.10 Å². The standard InChI is InChI=1S/C13H28N2O/c1-12(16)6-4-5-8-14(2)10-13-7-9-15(3)11-13/h12-13,16H,4-11H2,1-3H3. The second-order valence-electron chi connectivity index (χ2n) is 5.52. The maximum Gasteiger partial charge on any atom is 0.0512 e. The van der Waals surface area contributed by atoms with E-state index in [9.17, 15) is 0 Å². The summed E-state index contributed by atoms with van der Waals surface area (Å²) < 4.78 is 0. The van der Waals surface area contributed by atoms with E-state index >= 15 is 0 Å². The first-order valence-electron chi connectivity index (χ1n) is 6.63. The van der Waals surface area contributed by atoms with Crippen molar-refractivity contribution in [1.82, 2.24) is 9.80 Å². The van der Waals surface area contributed by atoms with Gasteiger partial charge < -0.3 is 14.9 Å². The fourth-order valence-electron chi connectivity index (χ4n) is 2.53. The van der Waals surface area contributed by atoms with Gasteiger partial charge in [0.1, 0.15) is 0 Å². The van der Waals surface area contributed by atoms with Crippen LogP contribution in [-0.2, 0) is 0 Å². The third-order valence-corrected chi connectivity index (χ3v) is 3.47. The lowest BCUT2D eigenvalue weighted by Gasteiger charge is -2.20. The Kier molecular flexibility index (Phi) is 6.32. The molecule has 0 aromatic rings. The van der Waals surface area contributed by atoms with Crippen molar-refractivity contribution in [2.45, 2.75) is 38.7 Å². The van der Waals surface area contributed by atoms with Crippen molar-refractivity contribution in [3.63, 3.8) is 0 Å². The van der Waals surface area contributed by atoms with Gasteiger partial charge in [0, 0.05) is 13.1 Å². The van der Waals surface area contributed by atoms with Crippen LogP contribution in [-0.4, -0.2) is 61.3 Å². The SMILES string of the molecule is CC(O)CCCCN(C)CC1CCN(C)C1. The summed E-state index contributed by atoms with van der Waals surface area (Å²) in [5, 5.41) is 9.16. The van der Waals surface area contributed by atoms with Gasteiger partial charge in [0.15, 0.2) is 0 Å². The molecule has 16 heavy (non-hydrogen) atoms. The van der Waals surface area contributed by atoms with E-state index in [2.05, 4.69) is 23.9 Å². The van der Waals surface area contributed by atoms with Crippen LogP contribution in [0.5, 0.6) is 0 Å². The van der Waals surface area contributed by atoms with Crippen molar-refractivity contribution in [3.8, 4) is 0 Å². The Hall–Kier alpha value is -0.120. The molecule has 1 aliphatic rings. The van der Waals surface area contributed by atoms with E-state index in [1.54, 1.807) is 0 Å². The first kappa shape index (κ1) is 13.9. The van der Waals surface area contributed by atoms with E-state index < -0.39 is 0 Å². The van der Waals surface area contributed by atoms with E-state index in [4.69, 9.17) is 5.11 Å². The maximum absolute atomic E-state index is 9.16. The molecule has 1 aliphatic heterocycles. The molecular weight excluding hydrogens is 200 g/mol. The third-order valence-electron chi connectivity index (χ3n) is 3.47. The topological polar surface area (TPSA) is 26.7 Å². The van der Waals surface area contributed by atoms with E-state index in [0.717, 1.165) is 18.8 Å². The molecule has 0 saturated carbocycles. The van der Waals surface area contributed by atoms with Gasteiger partial charge in [0.25, 0.3) is 0 Å². The highest BCUT2D eigenvalue weighted by atomic mass is 16.3. The normalized spacial score (nSPS) is 24.2. The predicted molar refractivity (Wildman–Crippen MR) is 68.6 cm³/mol. The lowest BCUT2D eigenvalue weighted by Crippen LogP contribution is -2.28. The lowest BCUT2D eigenvalue weighted by atomic mass is 10.1. The maximum atomic E-state index is 9.16. The third kappa shape index (κ3) is 5.83. The fourth-order valence-corrected chi connectivity index (χ4v) is 2.53. The highest BCUT2D eigenvalue weighted by molar-refractivity contribution is 4.75. The van der Waals surface area contributed by atoms with Crippen LogP contribution in [0.3, 0.4) is 0 Å². The molecule has 0 amide bonds. The van der Waals surface area contributed by atoms with Crippen molar-refractivity contribution in [2.75, 3.05) is 40.3 Å². The molecular formula is C13H28N2O. The Bertz CT molecular complexity index is 185. The van der Waals surface area contributed by atoms with Gasteiger partial charge >= 0.3 is 0 Å². The van der Waals surface area contributed by atoms with Crippen molar-refractivity contribution < 1.29 is 5.11 Å². The smallest absolute Gasteiger partial charge is 0.0512 e. The van der Waals surface area contributed by atoms with Crippen LogP contribution in [0.2, 0.25) is 0 Å². The molecule has 3 heteroatoms. The van der Waals surface area contributed by atoms with E-state index in [1.807, 2.05) is 6.92 Å². The van der Waals surface area contributed by atoms with E-state index in [0.29, 0.717) is 0 Å². The summed E-state index contributed by atoms with van der Waals surface area (Å²) in [6.07, 6.45) is 4.53. The molecule has 3 nitrogen and oxygen atoms in total. The van der Waals surface area contributed by atoms with Crippen molar-refractivity contribution in [3.05, 3.63) is 0 Å². The van der Waals surface area contributed by atoms with Crippen LogP contribution < -0.4 is 0 Å². The van der Waals surface area contributed by atoms with Gasteiger partial charge in [-0.05, 0) is 65.7 Å². The number of nitrogens with zero attached hydrogens (tertiary/aromatic N) is 2. The summed E-state index contributed by atoms with van der Waals surface area (Å²) >= 11 is 0. The zero-order valence-electron chi connectivity index (χ0n) is 11.2. The summed E-state index contributed by atoms with van der Waals surface area (Å²) in [4.78, 5) is 4.87. The molecule has 0 aromatic heterocycles. The molecule has 0 bridgehead atoms. The second kappa shape index (κ2) is 7.25. The summed E-state index contributed by atoms with van der Waals surface area (Å²) in [6.45, 7) is 6.81. The highest BCUT2D eigenvalue weighted by Gasteiger charge is 2.20. The molecule has 1 saturated heterocycles. The molecule has 1 N–H and O–H groups in total. The Morgan fingerprint density at radius 1 is 1.44 bits per heavy atom. The number of hydrogen-bond donors (Lipinski definition) is 1. The Balaban J connectivity index is 2.00. The molecule has 0 aliphatic carbocycles. The Labute approximate surface area is 100 Å². The molecule has 1 rings (SSSR count). The molecule has 1 fully saturated rings. The van der Waals surface area contributed by atoms with Crippen LogP contribution in [0, 0.1) is 5.92 Å². The van der Waals surface area contributed by atoms with Gasteiger partial charge in [-0.2, -0.15) is 0 Å². The number of aliphatic hydroxyl groups excluding tert-OH is 1. The number of unbranched alkanes of at least 4 members (excludes halogenated alkanes) is 1. The van der Waals surface area contributed by atoms with Crippen LogP contribution in [0.1, 0.15) is 32.6 Å².